The number of aryl methyl sites for hydroxylation is 1. The summed E-state index contributed by atoms with van der Waals surface area (Å²) in [5.74, 6) is -1.81. The van der Waals surface area contributed by atoms with Gasteiger partial charge < -0.3 is 10.2 Å². The van der Waals surface area contributed by atoms with Gasteiger partial charge in [0.05, 0.1) is 10.6 Å². The van der Waals surface area contributed by atoms with Crippen LogP contribution in [0.5, 0.6) is 0 Å². The Hall–Kier alpha value is -4.50. The van der Waals surface area contributed by atoms with Gasteiger partial charge in [0.1, 0.15) is 18.4 Å². The molecule has 218 valence electrons. The molecule has 0 fully saturated rings. The van der Waals surface area contributed by atoms with Gasteiger partial charge in [0.15, 0.2) is 0 Å². The number of nitrogens with one attached hydrogen (secondary N) is 1. The van der Waals surface area contributed by atoms with Crippen LogP contribution in [0.4, 0.5) is 10.1 Å². The Morgan fingerprint density at radius 3 is 2.02 bits per heavy atom. The lowest BCUT2D eigenvalue weighted by Crippen LogP contribution is -2.53. The molecule has 4 rings (SSSR count). The number of carbonyl (C=O) groups is 2. The van der Waals surface area contributed by atoms with E-state index in [1.807, 2.05) is 61.5 Å². The lowest BCUT2D eigenvalue weighted by atomic mass is 10.0. The molecule has 0 saturated heterocycles. The highest BCUT2D eigenvalue weighted by atomic mass is 32.2. The molecule has 9 heteroatoms. The zero-order valence-electron chi connectivity index (χ0n) is 23.6. The number of nitrogens with zero attached hydrogens (tertiary/aromatic N) is 2. The largest absolute Gasteiger partial charge is 0.355 e. The summed E-state index contributed by atoms with van der Waals surface area (Å²) in [6.07, 6.45) is 0.204. The highest BCUT2D eigenvalue weighted by molar-refractivity contribution is 7.92. The summed E-state index contributed by atoms with van der Waals surface area (Å²) in [6, 6.07) is 28.9. The van der Waals surface area contributed by atoms with Gasteiger partial charge in [-0.15, -0.1) is 0 Å². The normalized spacial score (nSPS) is 11.9. The molecule has 0 aliphatic rings. The quantitative estimate of drug-likeness (QED) is 0.250. The van der Waals surface area contributed by atoms with E-state index in [1.165, 1.54) is 35.2 Å². The Kier molecular flexibility index (Phi) is 10.1. The number of hydrogen-bond acceptors (Lipinski definition) is 4. The predicted molar refractivity (Wildman–Crippen MR) is 162 cm³/mol. The molecule has 42 heavy (non-hydrogen) atoms. The van der Waals surface area contributed by atoms with Crippen LogP contribution >= 0.6 is 0 Å². The average Bonchev–Trinajstić information content (AvgIpc) is 3.00. The van der Waals surface area contributed by atoms with E-state index in [-0.39, 0.29) is 29.5 Å². The number of hydrogen-bond donors (Lipinski definition) is 1. The number of amides is 2. The highest BCUT2D eigenvalue weighted by Gasteiger charge is 2.35. The number of halogens is 1. The molecule has 0 radical (unpaired) electrons. The van der Waals surface area contributed by atoms with Crippen molar-refractivity contribution in [2.75, 3.05) is 17.4 Å². The molecule has 2 amide bonds. The fraction of sp³-hybridized carbons (Fsp3) is 0.212. The zero-order chi connectivity index (χ0) is 30.1. The lowest BCUT2D eigenvalue weighted by Gasteiger charge is -2.34. The molecule has 4 aromatic carbocycles. The second-order valence-electron chi connectivity index (χ2n) is 9.88. The van der Waals surface area contributed by atoms with Crippen molar-refractivity contribution in [3.63, 3.8) is 0 Å². The third-order valence-corrected chi connectivity index (χ3v) is 8.60. The topological polar surface area (TPSA) is 86.8 Å². The van der Waals surface area contributed by atoms with Crippen LogP contribution in [-0.4, -0.2) is 44.3 Å². The number of benzene rings is 4. The fourth-order valence-corrected chi connectivity index (χ4v) is 6.07. The monoisotopic (exact) mass is 587 g/mol. The van der Waals surface area contributed by atoms with Gasteiger partial charge in [0.25, 0.3) is 10.0 Å². The Balaban J connectivity index is 1.79. The second kappa shape index (κ2) is 13.9. The maximum atomic E-state index is 15.1. The van der Waals surface area contributed by atoms with Crippen molar-refractivity contribution in [3.05, 3.63) is 132 Å². The van der Waals surface area contributed by atoms with Gasteiger partial charge in [-0.1, -0.05) is 90.5 Å². The third kappa shape index (κ3) is 7.41. The molecule has 1 N–H and O–H groups in total. The van der Waals surface area contributed by atoms with E-state index < -0.39 is 34.3 Å². The molecule has 0 saturated carbocycles. The Morgan fingerprint density at radius 2 is 1.40 bits per heavy atom. The van der Waals surface area contributed by atoms with Crippen molar-refractivity contribution in [2.24, 2.45) is 0 Å². The molecular weight excluding hydrogens is 553 g/mol. The Bertz CT molecular complexity index is 1600. The summed E-state index contributed by atoms with van der Waals surface area (Å²) in [4.78, 5) is 29.0. The van der Waals surface area contributed by atoms with Gasteiger partial charge in [-0.05, 0) is 49.2 Å². The molecular formula is C33H34FN3O4S. The van der Waals surface area contributed by atoms with Gasteiger partial charge in [-0.3, -0.25) is 13.9 Å². The SMILES string of the molecule is CCNC(=O)[C@H](Cc1ccccc1)N(Cc1ccc(C)cc1)C(=O)CN(c1ccccc1F)S(=O)(=O)c1ccccc1. The zero-order valence-corrected chi connectivity index (χ0v) is 24.4. The van der Waals surface area contributed by atoms with Crippen molar-refractivity contribution < 1.29 is 22.4 Å². The minimum atomic E-state index is -4.35. The van der Waals surface area contributed by atoms with Crippen molar-refractivity contribution in [1.29, 1.82) is 0 Å². The molecule has 0 aliphatic carbocycles. The van der Waals surface area contributed by atoms with E-state index in [2.05, 4.69) is 5.32 Å². The van der Waals surface area contributed by atoms with Crippen LogP contribution < -0.4 is 9.62 Å². The summed E-state index contributed by atoms with van der Waals surface area (Å²) < 4.78 is 43.6. The molecule has 0 aromatic heterocycles. The summed E-state index contributed by atoms with van der Waals surface area (Å²) in [7, 11) is -4.35. The first kappa shape index (κ1) is 30.5. The number of rotatable bonds is 12. The Morgan fingerprint density at radius 1 is 0.810 bits per heavy atom. The number of sulfonamides is 1. The van der Waals surface area contributed by atoms with E-state index in [0.29, 0.717) is 6.54 Å². The number of carbonyl (C=O) groups excluding carboxylic acids is 2. The number of anilines is 1. The first-order valence-corrected chi connectivity index (χ1v) is 15.1. The second-order valence-corrected chi connectivity index (χ2v) is 11.7. The van der Waals surface area contributed by atoms with Crippen LogP contribution in [-0.2, 0) is 32.6 Å². The summed E-state index contributed by atoms with van der Waals surface area (Å²) >= 11 is 0. The summed E-state index contributed by atoms with van der Waals surface area (Å²) in [5, 5.41) is 2.82. The number of para-hydroxylation sites is 1. The molecule has 1 atom stereocenters. The molecule has 7 nitrogen and oxygen atoms in total. The van der Waals surface area contributed by atoms with Gasteiger partial charge in [-0.25, -0.2) is 12.8 Å². The van der Waals surface area contributed by atoms with E-state index in [0.717, 1.165) is 27.1 Å². The van der Waals surface area contributed by atoms with Crippen LogP contribution in [0, 0.1) is 12.7 Å². The van der Waals surface area contributed by atoms with E-state index >= 15 is 4.39 Å². The van der Waals surface area contributed by atoms with Crippen molar-refractivity contribution in [1.82, 2.24) is 10.2 Å². The third-order valence-electron chi connectivity index (χ3n) is 6.83. The molecule has 0 unspecified atom stereocenters. The first-order chi connectivity index (χ1) is 20.2. The maximum Gasteiger partial charge on any atom is 0.264 e. The Labute approximate surface area is 246 Å². The van der Waals surface area contributed by atoms with Crippen LogP contribution in [0.1, 0.15) is 23.6 Å². The molecule has 0 spiro atoms. The van der Waals surface area contributed by atoms with Gasteiger partial charge >= 0.3 is 0 Å². The first-order valence-electron chi connectivity index (χ1n) is 13.7. The molecule has 0 aliphatic heterocycles. The fourth-order valence-electron chi connectivity index (χ4n) is 4.62. The van der Waals surface area contributed by atoms with Crippen molar-refractivity contribution >= 4 is 27.5 Å². The van der Waals surface area contributed by atoms with Crippen LogP contribution in [0.15, 0.2) is 114 Å². The van der Waals surface area contributed by atoms with Gasteiger partial charge in [0, 0.05) is 19.5 Å². The summed E-state index contributed by atoms with van der Waals surface area (Å²) in [6.45, 7) is 3.41. The highest BCUT2D eigenvalue weighted by Crippen LogP contribution is 2.27. The minimum absolute atomic E-state index is 0.0459. The standard InChI is InChI=1S/C33H34FN3O4S/c1-3-35-33(39)31(22-26-12-6-4-7-13-26)36(23-27-20-18-25(2)19-21-27)32(38)24-37(30-17-11-10-16-29(30)34)42(40,41)28-14-8-5-9-15-28/h4-21,31H,3,22-24H2,1-2H3,(H,35,39)/t31-/m0/s1. The molecule has 0 heterocycles. The van der Waals surface area contributed by atoms with Gasteiger partial charge in [0.2, 0.25) is 11.8 Å². The van der Waals surface area contributed by atoms with Crippen LogP contribution in [0.2, 0.25) is 0 Å². The average molecular weight is 588 g/mol. The van der Waals surface area contributed by atoms with Crippen LogP contribution in [0.25, 0.3) is 0 Å². The van der Waals surface area contributed by atoms with E-state index in [4.69, 9.17) is 0 Å². The van der Waals surface area contributed by atoms with E-state index in [1.54, 1.807) is 25.1 Å². The van der Waals surface area contributed by atoms with Gasteiger partial charge in [-0.2, -0.15) is 0 Å². The minimum Gasteiger partial charge on any atom is -0.355 e. The predicted octanol–water partition coefficient (Wildman–Crippen LogP) is 5.11. The van der Waals surface area contributed by atoms with Crippen molar-refractivity contribution in [3.8, 4) is 0 Å². The number of likely N-dealkylation sites (N-methyl/N-ethyl adjacent to an activating group) is 1. The van der Waals surface area contributed by atoms with Crippen molar-refractivity contribution in [2.45, 2.75) is 37.8 Å². The smallest absolute Gasteiger partial charge is 0.264 e. The van der Waals surface area contributed by atoms with E-state index in [9.17, 15) is 18.0 Å². The van der Waals surface area contributed by atoms with Crippen LogP contribution in [0.3, 0.4) is 0 Å². The lowest BCUT2D eigenvalue weighted by molar-refractivity contribution is -0.140. The summed E-state index contributed by atoms with van der Waals surface area (Å²) in [5.41, 5.74) is 2.36. The molecule has 0 bridgehead atoms. The molecule has 4 aromatic rings. The maximum absolute atomic E-state index is 15.1.